The Morgan fingerprint density at radius 2 is 1.59 bits per heavy atom. The number of halogens is 1. The molecule has 0 spiro atoms. The normalized spacial score (nSPS) is 12.3. The van der Waals surface area contributed by atoms with Crippen molar-refractivity contribution in [1.29, 1.82) is 0 Å². The van der Waals surface area contributed by atoms with Crippen LogP contribution in [-0.2, 0) is 22.3 Å². The molecule has 0 aliphatic carbocycles. The van der Waals surface area contributed by atoms with Crippen LogP contribution < -0.4 is 15.0 Å². The fourth-order valence-electron chi connectivity index (χ4n) is 7.83. The van der Waals surface area contributed by atoms with Crippen LogP contribution in [0.15, 0.2) is 48.7 Å². The number of rotatable bonds is 23. The van der Waals surface area contributed by atoms with Gasteiger partial charge in [-0.3, -0.25) is 10.1 Å². The summed E-state index contributed by atoms with van der Waals surface area (Å²) in [7, 11) is 3.80. The van der Waals surface area contributed by atoms with Crippen LogP contribution in [0.4, 0.5) is 27.4 Å². The van der Waals surface area contributed by atoms with Gasteiger partial charge in [0.25, 0.3) is 5.69 Å². The van der Waals surface area contributed by atoms with Crippen molar-refractivity contribution in [2.24, 2.45) is 0 Å². The lowest BCUT2D eigenvalue weighted by Gasteiger charge is -2.42. The molecular formula is C43H67FN8O5Si2. The Balaban J connectivity index is 1.80. The molecule has 0 aliphatic heterocycles. The summed E-state index contributed by atoms with van der Waals surface area (Å²) >= 11 is 0. The summed E-state index contributed by atoms with van der Waals surface area (Å²) < 4.78 is 35.4. The number of likely N-dealkylation sites (N-methyl/N-ethyl adjacent to an activating group) is 2. The van der Waals surface area contributed by atoms with E-state index in [0.717, 1.165) is 23.9 Å². The monoisotopic (exact) mass is 850 g/mol. The molecule has 0 saturated heterocycles. The second-order valence-electron chi connectivity index (χ2n) is 17.7. The van der Waals surface area contributed by atoms with Gasteiger partial charge >= 0.3 is 0 Å². The number of benzene rings is 2. The standard InChI is InChI=1S/C43H67FN8O5Si2/c1-30(2)59(31(3)4,32(5)6)57-24-14-15-40-48-41(33-16-18-34(44)19-17-33)42(51(40)29-56-25-26-58(11,12)13)35-20-21-45-43(46-35)47-36-27-38(52(53)54)37(28-39(36)55-10)50(9)23-22-49(7)8/h16-21,27-28,30-32H,14-15,22-26,29H2,1-13H3,(H,45,46,47). The lowest BCUT2D eigenvalue weighted by Crippen LogP contribution is -2.48. The molecule has 0 atom stereocenters. The van der Waals surface area contributed by atoms with E-state index in [0.29, 0.717) is 83.6 Å². The Hall–Kier alpha value is -4.23. The number of nitro groups is 1. The summed E-state index contributed by atoms with van der Waals surface area (Å²) in [6.07, 6.45) is 3.01. The third-order valence-corrected chi connectivity index (χ3v) is 18.7. The molecule has 0 aliphatic rings. The quantitative estimate of drug-likeness (QED) is 0.0331. The lowest BCUT2D eigenvalue weighted by atomic mass is 10.1. The Morgan fingerprint density at radius 3 is 2.17 bits per heavy atom. The van der Waals surface area contributed by atoms with Gasteiger partial charge in [-0.1, -0.05) is 61.2 Å². The molecule has 0 amide bonds. The number of aryl methyl sites for hydroxylation is 1. The van der Waals surface area contributed by atoms with Gasteiger partial charge in [0.15, 0.2) is 8.32 Å². The molecule has 0 radical (unpaired) electrons. The largest absolute Gasteiger partial charge is 0.494 e. The van der Waals surface area contributed by atoms with Crippen LogP contribution in [-0.4, -0.2) is 100 Å². The molecular weight excluding hydrogens is 784 g/mol. The number of methoxy groups -OCH3 is 1. The maximum Gasteiger partial charge on any atom is 0.294 e. The second kappa shape index (κ2) is 20.8. The van der Waals surface area contributed by atoms with Crippen molar-refractivity contribution >= 4 is 39.4 Å². The van der Waals surface area contributed by atoms with Crippen molar-refractivity contribution in [3.8, 4) is 28.4 Å². The van der Waals surface area contributed by atoms with Gasteiger partial charge in [-0.25, -0.2) is 19.3 Å². The van der Waals surface area contributed by atoms with E-state index in [1.54, 1.807) is 30.5 Å². The summed E-state index contributed by atoms with van der Waals surface area (Å²) in [5.41, 5.74) is 4.70. The molecule has 2 aromatic heterocycles. The van der Waals surface area contributed by atoms with E-state index in [1.807, 2.05) is 30.9 Å². The molecule has 2 heterocycles. The Labute approximate surface area is 353 Å². The number of nitrogens with zero attached hydrogens (tertiary/aromatic N) is 7. The average Bonchev–Trinajstić information content (AvgIpc) is 3.52. The summed E-state index contributed by atoms with van der Waals surface area (Å²) in [5, 5.41) is 15.5. The zero-order valence-electron chi connectivity index (χ0n) is 37.6. The zero-order chi connectivity index (χ0) is 43.7. The van der Waals surface area contributed by atoms with Gasteiger partial charge in [-0.15, -0.1) is 0 Å². The summed E-state index contributed by atoms with van der Waals surface area (Å²) in [5.74, 6) is 1.06. The van der Waals surface area contributed by atoms with Crippen LogP contribution in [0.25, 0.3) is 22.6 Å². The average molecular weight is 851 g/mol. The van der Waals surface area contributed by atoms with Crippen molar-refractivity contribution in [2.75, 3.05) is 64.8 Å². The number of imidazole rings is 1. The highest BCUT2D eigenvalue weighted by molar-refractivity contribution is 6.77. The predicted octanol–water partition coefficient (Wildman–Crippen LogP) is 10.2. The SMILES string of the molecule is COc1cc(N(C)CCN(C)C)c([N+](=O)[O-])cc1Nc1nccc(-c2c(-c3ccc(F)cc3)nc(CCCO[Si](C(C)C)(C(C)C)C(C)C)n2COCC[Si](C)(C)C)n1. The number of anilines is 3. The van der Waals surface area contributed by atoms with Crippen molar-refractivity contribution in [2.45, 2.75) is 103 Å². The van der Waals surface area contributed by atoms with Gasteiger partial charge in [0, 0.05) is 71.7 Å². The van der Waals surface area contributed by atoms with Crippen LogP contribution in [0, 0.1) is 15.9 Å². The van der Waals surface area contributed by atoms with Crippen LogP contribution in [0.5, 0.6) is 5.75 Å². The fourth-order valence-corrected chi connectivity index (χ4v) is 14.1. The van der Waals surface area contributed by atoms with Crippen LogP contribution in [0.1, 0.15) is 53.8 Å². The van der Waals surface area contributed by atoms with Gasteiger partial charge in [0.1, 0.15) is 29.8 Å². The number of aromatic nitrogens is 4. The molecule has 0 unspecified atom stereocenters. The molecule has 0 fully saturated rings. The fraction of sp³-hybridized carbons (Fsp3) is 0.558. The Morgan fingerprint density at radius 1 is 0.932 bits per heavy atom. The van der Waals surface area contributed by atoms with E-state index < -0.39 is 21.3 Å². The first-order valence-corrected chi connectivity index (χ1v) is 26.5. The molecule has 16 heteroatoms. The summed E-state index contributed by atoms with van der Waals surface area (Å²) in [4.78, 5) is 30.5. The molecule has 4 rings (SSSR count). The first-order valence-electron chi connectivity index (χ1n) is 20.7. The topological polar surface area (TPSA) is 133 Å². The van der Waals surface area contributed by atoms with E-state index in [2.05, 4.69) is 76.1 Å². The number of ether oxygens (including phenoxy) is 2. The highest BCUT2D eigenvalue weighted by Gasteiger charge is 2.44. The van der Waals surface area contributed by atoms with E-state index in [-0.39, 0.29) is 24.2 Å². The van der Waals surface area contributed by atoms with Crippen LogP contribution >= 0.6 is 0 Å². The third-order valence-electron chi connectivity index (χ3n) is 10.9. The Bertz CT molecular complexity index is 1960. The van der Waals surface area contributed by atoms with Crippen molar-refractivity contribution in [1.82, 2.24) is 24.4 Å². The van der Waals surface area contributed by atoms with E-state index in [9.17, 15) is 14.5 Å². The van der Waals surface area contributed by atoms with Crippen molar-refractivity contribution < 1.29 is 23.2 Å². The van der Waals surface area contributed by atoms with E-state index in [4.69, 9.17) is 23.9 Å². The molecule has 0 bridgehead atoms. The maximum absolute atomic E-state index is 14.3. The highest BCUT2D eigenvalue weighted by Crippen LogP contribution is 2.43. The molecule has 1 N–H and O–H groups in total. The van der Waals surface area contributed by atoms with Gasteiger partial charge < -0.3 is 33.6 Å². The summed E-state index contributed by atoms with van der Waals surface area (Å²) in [6.45, 7) is 23.5. The summed E-state index contributed by atoms with van der Waals surface area (Å²) in [6, 6.07) is 12.2. The first-order chi connectivity index (χ1) is 27.8. The third kappa shape index (κ3) is 12.2. The molecule has 0 saturated carbocycles. The molecule has 59 heavy (non-hydrogen) atoms. The maximum atomic E-state index is 14.3. The minimum absolute atomic E-state index is 0.0819. The molecule has 13 nitrogen and oxygen atoms in total. The lowest BCUT2D eigenvalue weighted by molar-refractivity contribution is -0.384. The van der Waals surface area contributed by atoms with E-state index in [1.165, 1.54) is 25.3 Å². The molecule has 2 aromatic carbocycles. The number of nitrogens with one attached hydrogen (secondary N) is 1. The predicted molar refractivity (Wildman–Crippen MR) is 243 cm³/mol. The number of hydrogen-bond donors (Lipinski definition) is 1. The van der Waals surface area contributed by atoms with Gasteiger partial charge in [0.2, 0.25) is 5.95 Å². The number of nitro benzene ring substituents is 1. The van der Waals surface area contributed by atoms with Gasteiger partial charge in [-0.2, -0.15) is 0 Å². The van der Waals surface area contributed by atoms with Gasteiger partial charge in [0.05, 0.1) is 34.8 Å². The smallest absolute Gasteiger partial charge is 0.294 e. The molecule has 324 valence electrons. The van der Waals surface area contributed by atoms with Crippen molar-refractivity contribution in [3.63, 3.8) is 0 Å². The molecule has 4 aromatic rings. The first kappa shape index (κ1) is 47.5. The Kier molecular flexibility index (Phi) is 16.8. The van der Waals surface area contributed by atoms with Crippen LogP contribution in [0.3, 0.4) is 0 Å². The highest BCUT2D eigenvalue weighted by atomic mass is 28.4. The zero-order valence-corrected chi connectivity index (χ0v) is 39.6. The van der Waals surface area contributed by atoms with Crippen LogP contribution in [0.2, 0.25) is 42.3 Å². The minimum Gasteiger partial charge on any atom is -0.494 e. The van der Waals surface area contributed by atoms with Gasteiger partial charge in [-0.05, 0) is 73.5 Å². The second-order valence-corrected chi connectivity index (χ2v) is 28.8. The van der Waals surface area contributed by atoms with E-state index >= 15 is 0 Å². The minimum atomic E-state index is -2.07. The van der Waals surface area contributed by atoms with Crippen molar-refractivity contribution in [3.05, 3.63) is 70.4 Å². The number of hydrogen-bond acceptors (Lipinski definition) is 11.